The molecule has 3 rings (SSSR count). The maximum atomic E-state index is 9.13. The summed E-state index contributed by atoms with van der Waals surface area (Å²) in [6.45, 7) is 1.85. The molecule has 0 radical (unpaired) electrons. The number of nitrogens with zero attached hydrogens (tertiary/aromatic N) is 1. The first-order chi connectivity index (χ1) is 8.81. The Morgan fingerprint density at radius 2 is 2.11 bits per heavy atom. The van der Waals surface area contributed by atoms with Crippen molar-refractivity contribution in [1.82, 2.24) is 5.32 Å². The van der Waals surface area contributed by atoms with Crippen LogP contribution in [0.3, 0.4) is 0 Å². The topological polar surface area (TPSA) is 54.3 Å². The fraction of sp³-hybridized carbons (Fsp3) is 0.500. The Labute approximate surface area is 107 Å². The molecular weight excluding hydrogens is 228 g/mol. The van der Waals surface area contributed by atoms with Crippen LogP contribution < -0.4 is 14.8 Å². The molecule has 0 aromatic heterocycles. The van der Waals surface area contributed by atoms with Gasteiger partial charge in [-0.25, -0.2) is 0 Å². The van der Waals surface area contributed by atoms with Gasteiger partial charge in [0.1, 0.15) is 0 Å². The van der Waals surface area contributed by atoms with Crippen molar-refractivity contribution < 1.29 is 9.47 Å². The average molecular weight is 244 g/mol. The lowest BCUT2D eigenvalue weighted by Gasteiger charge is -2.35. The normalized spacial score (nSPS) is 19.1. The number of hydrogen-bond acceptors (Lipinski definition) is 4. The summed E-state index contributed by atoms with van der Waals surface area (Å²) in [7, 11) is 0. The van der Waals surface area contributed by atoms with Crippen LogP contribution in [0.5, 0.6) is 11.5 Å². The number of fused-ring (bicyclic) bond motifs is 1. The van der Waals surface area contributed by atoms with Gasteiger partial charge in [-0.1, -0.05) is 12.5 Å². The summed E-state index contributed by atoms with van der Waals surface area (Å²) in [4.78, 5) is 0. The van der Waals surface area contributed by atoms with Crippen molar-refractivity contribution in [3.63, 3.8) is 0 Å². The fourth-order valence-corrected chi connectivity index (χ4v) is 2.43. The lowest BCUT2D eigenvalue weighted by Crippen LogP contribution is -2.38. The Morgan fingerprint density at radius 1 is 1.28 bits per heavy atom. The highest BCUT2D eigenvalue weighted by Gasteiger charge is 2.36. The predicted octanol–water partition coefficient (Wildman–Crippen LogP) is 2.20. The molecule has 1 saturated carbocycles. The van der Waals surface area contributed by atoms with Crippen LogP contribution >= 0.6 is 0 Å². The maximum absolute atomic E-state index is 9.13. The smallest absolute Gasteiger partial charge is 0.231 e. The van der Waals surface area contributed by atoms with Gasteiger partial charge in [-0.15, -0.1) is 0 Å². The molecule has 1 fully saturated rings. The van der Waals surface area contributed by atoms with Gasteiger partial charge in [0.05, 0.1) is 11.5 Å². The number of nitrogens with one attached hydrogen (secondary N) is 1. The summed E-state index contributed by atoms with van der Waals surface area (Å²) in [5.74, 6) is 1.62. The minimum Gasteiger partial charge on any atom is -0.454 e. The molecule has 18 heavy (non-hydrogen) atoms. The van der Waals surface area contributed by atoms with E-state index in [1.807, 2.05) is 18.2 Å². The molecule has 1 aliphatic heterocycles. The van der Waals surface area contributed by atoms with Crippen LogP contribution in [0.1, 0.15) is 24.8 Å². The van der Waals surface area contributed by atoms with Crippen LogP contribution in [0, 0.1) is 16.7 Å². The average Bonchev–Trinajstić information content (AvgIpc) is 2.80. The second-order valence-electron chi connectivity index (χ2n) is 5.04. The van der Waals surface area contributed by atoms with Gasteiger partial charge in [0.15, 0.2) is 11.5 Å². The van der Waals surface area contributed by atoms with E-state index in [1.165, 1.54) is 6.42 Å². The first-order valence-electron chi connectivity index (χ1n) is 6.32. The zero-order chi connectivity index (χ0) is 12.4. The van der Waals surface area contributed by atoms with Gasteiger partial charge >= 0.3 is 0 Å². The zero-order valence-corrected chi connectivity index (χ0v) is 10.2. The summed E-state index contributed by atoms with van der Waals surface area (Å²) >= 11 is 0. The number of benzene rings is 1. The molecular formula is C14H16N2O2. The Morgan fingerprint density at radius 3 is 2.83 bits per heavy atom. The minimum atomic E-state index is -0.115. The Balaban J connectivity index is 1.56. The third-order valence-electron chi connectivity index (χ3n) is 3.78. The van der Waals surface area contributed by atoms with Gasteiger partial charge in [-0.05, 0) is 30.5 Å². The van der Waals surface area contributed by atoms with Crippen molar-refractivity contribution >= 4 is 0 Å². The monoisotopic (exact) mass is 244 g/mol. The van der Waals surface area contributed by atoms with Crippen LogP contribution in [0.2, 0.25) is 0 Å². The number of nitriles is 1. The fourth-order valence-electron chi connectivity index (χ4n) is 2.43. The third-order valence-corrected chi connectivity index (χ3v) is 3.78. The summed E-state index contributed by atoms with van der Waals surface area (Å²) < 4.78 is 10.6. The molecule has 0 atom stereocenters. The largest absolute Gasteiger partial charge is 0.454 e. The van der Waals surface area contributed by atoms with E-state index in [0.29, 0.717) is 6.79 Å². The molecule has 0 bridgehead atoms. The number of ether oxygens (including phenoxy) is 2. The molecule has 1 N–H and O–H groups in total. The summed E-state index contributed by atoms with van der Waals surface area (Å²) in [6, 6.07) is 8.39. The lowest BCUT2D eigenvalue weighted by molar-refractivity contribution is 0.174. The summed E-state index contributed by atoms with van der Waals surface area (Å²) in [6.07, 6.45) is 3.23. The van der Waals surface area contributed by atoms with E-state index in [-0.39, 0.29) is 5.41 Å². The van der Waals surface area contributed by atoms with Crippen LogP contribution in [-0.2, 0) is 6.54 Å². The Hall–Kier alpha value is -1.73. The van der Waals surface area contributed by atoms with E-state index >= 15 is 0 Å². The van der Waals surface area contributed by atoms with Gasteiger partial charge < -0.3 is 14.8 Å². The zero-order valence-electron chi connectivity index (χ0n) is 10.2. The SMILES string of the molecule is N#CC1(CNCc2ccc3c(c2)OCO3)CCC1. The molecule has 1 aliphatic carbocycles. The van der Waals surface area contributed by atoms with Crippen molar-refractivity contribution in [2.45, 2.75) is 25.8 Å². The molecule has 94 valence electrons. The minimum absolute atomic E-state index is 0.115. The highest BCUT2D eigenvalue weighted by molar-refractivity contribution is 5.44. The van der Waals surface area contributed by atoms with Gasteiger partial charge in [0.2, 0.25) is 6.79 Å². The Bertz CT molecular complexity index is 489. The molecule has 0 amide bonds. The van der Waals surface area contributed by atoms with E-state index in [4.69, 9.17) is 14.7 Å². The first-order valence-corrected chi connectivity index (χ1v) is 6.32. The van der Waals surface area contributed by atoms with Crippen molar-refractivity contribution in [1.29, 1.82) is 5.26 Å². The van der Waals surface area contributed by atoms with E-state index in [1.54, 1.807) is 0 Å². The highest BCUT2D eigenvalue weighted by Crippen LogP contribution is 2.39. The third kappa shape index (κ3) is 2.02. The van der Waals surface area contributed by atoms with Crippen molar-refractivity contribution in [2.75, 3.05) is 13.3 Å². The molecule has 2 aliphatic rings. The summed E-state index contributed by atoms with van der Waals surface area (Å²) in [5, 5.41) is 12.5. The van der Waals surface area contributed by atoms with E-state index in [2.05, 4.69) is 11.4 Å². The predicted molar refractivity (Wildman–Crippen MR) is 66.2 cm³/mol. The van der Waals surface area contributed by atoms with E-state index in [0.717, 1.165) is 43.0 Å². The van der Waals surface area contributed by atoms with Crippen molar-refractivity contribution in [3.05, 3.63) is 23.8 Å². The molecule has 1 aromatic carbocycles. The van der Waals surface area contributed by atoms with E-state index < -0.39 is 0 Å². The van der Waals surface area contributed by atoms with Crippen LogP contribution in [0.25, 0.3) is 0 Å². The van der Waals surface area contributed by atoms with Crippen molar-refractivity contribution in [2.24, 2.45) is 5.41 Å². The molecule has 1 aromatic rings. The lowest BCUT2D eigenvalue weighted by atomic mass is 9.70. The van der Waals surface area contributed by atoms with Gasteiger partial charge in [-0.2, -0.15) is 5.26 Å². The van der Waals surface area contributed by atoms with Crippen molar-refractivity contribution in [3.8, 4) is 17.6 Å². The first kappa shape index (κ1) is 11.4. The van der Waals surface area contributed by atoms with Gasteiger partial charge in [-0.3, -0.25) is 0 Å². The van der Waals surface area contributed by atoms with Gasteiger partial charge in [0, 0.05) is 13.1 Å². The second-order valence-corrected chi connectivity index (χ2v) is 5.04. The maximum Gasteiger partial charge on any atom is 0.231 e. The quantitative estimate of drug-likeness (QED) is 0.882. The molecule has 0 unspecified atom stereocenters. The standard InChI is InChI=1S/C14H16N2O2/c15-8-14(4-1-5-14)9-16-7-11-2-3-12-13(6-11)18-10-17-12/h2-3,6,16H,1,4-5,7,9-10H2. The van der Waals surface area contributed by atoms with Crippen LogP contribution in [0.15, 0.2) is 18.2 Å². The highest BCUT2D eigenvalue weighted by atomic mass is 16.7. The number of rotatable bonds is 4. The molecule has 0 saturated heterocycles. The van der Waals surface area contributed by atoms with Gasteiger partial charge in [0.25, 0.3) is 0 Å². The number of hydrogen-bond donors (Lipinski definition) is 1. The van der Waals surface area contributed by atoms with Crippen LogP contribution in [0.4, 0.5) is 0 Å². The molecule has 4 nitrogen and oxygen atoms in total. The molecule has 4 heteroatoms. The van der Waals surface area contributed by atoms with Crippen LogP contribution in [-0.4, -0.2) is 13.3 Å². The van der Waals surface area contributed by atoms with E-state index in [9.17, 15) is 0 Å². The molecule has 0 spiro atoms. The second kappa shape index (κ2) is 4.51. The Kier molecular flexibility index (Phi) is 2.85. The molecule has 1 heterocycles. The summed E-state index contributed by atoms with van der Waals surface area (Å²) in [5.41, 5.74) is 1.04.